The molecule has 1 saturated heterocycles. The van der Waals surface area contributed by atoms with Crippen LogP contribution in [0.2, 0.25) is 0 Å². The van der Waals surface area contributed by atoms with Gasteiger partial charge in [-0.15, -0.1) is 0 Å². The highest BCUT2D eigenvalue weighted by molar-refractivity contribution is 5.40. The van der Waals surface area contributed by atoms with Gasteiger partial charge in [0.15, 0.2) is 0 Å². The van der Waals surface area contributed by atoms with Crippen molar-refractivity contribution in [1.29, 1.82) is 0 Å². The summed E-state index contributed by atoms with van der Waals surface area (Å²) in [6.07, 6.45) is 1.12. The van der Waals surface area contributed by atoms with E-state index in [9.17, 15) is 0 Å². The summed E-state index contributed by atoms with van der Waals surface area (Å²) in [5.41, 5.74) is 8.46. The molecular weight excluding hydrogens is 250 g/mol. The van der Waals surface area contributed by atoms with Gasteiger partial charge in [0.1, 0.15) is 5.75 Å². The highest BCUT2D eigenvalue weighted by Crippen LogP contribution is 2.38. The fraction of sp³-hybridized carbons (Fsp3) is 0.625. The highest BCUT2D eigenvalue weighted by atomic mass is 16.5. The van der Waals surface area contributed by atoms with E-state index in [1.54, 1.807) is 7.11 Å². The zero-order valence-corrected chi connectivity index (χ0v) is 13.1. The summed E-state index contributed by atoms with van der Waals surface area (Å²) in [4.78, 5) is 4.58. The average Bonchev–Trinajstić information content (AvgIpc) is 2.79. The predicted octanol–water partition coefficient (Wildman–Crippen LogP) is 1.71. The number of nitrogens with zero attached hydrogens (tertiary/aromatic N) is 2. The van der Waals surface area contributed by atoms with Crippen molar-refractivity contribution >= 4 is 0 Å². The second kappa shape index (κ2) is 6.57. The van der Waals surface area contributed by atoms with Crippen LogP contribution >= 0.6 is 0 Å². The number of nitrogens with two attached hydrogens (primary N) is 1. The Balaban J connectivity index is 2.28. The van der Waals surface area contributed by atoms with E-state index in [1.165, 1.54) is 11.1 Å². The second-order valence-electron chi connectivity index (χ2n) is 6.11. The third kappa shape index (κ3) is 3.32. The lowest BCUT2D eigenvalue weighted by Gasteiger charge is -2.23. The lowest BCUT2D eigenvalue weighted by molar-refractivity contribution is 0.302. The fourth-order valence-corrected chi connectivity index (χ4v) is 3.15. The monoisotopic (exact) mass is 277 g/mol. The third-order valence-corrected chi connectivity index (χ3v) is 4.12. The van der Waals surface area contributed by atoms with Gasteiger partial charge >= 0.3 is 0 Å². The largest absolute Gasteiger partial charge is 0.496 e. The summed E-state index contributed by atoms with van der Waals surface area (Å²) in [5, 5.41) is 0. The fourth-order valence-electron chi connectivity index (χ4n) is 3.15. The van der Waals surface area contributed by atoms with Gasteiger partial charge in [-0.05, 0) is 57.7 Å². The van der Waals surface area contributed by atoms with Crippen LogP contribution in [0.25, 0.3) is 0 Å². The summed E-state index contributed by atoms with van der Waals surface area (Å²) in [7, 11) is 8.12. The number of methoxy groups -OCH3 is 1. The molecule has 0 saturated carbocycles. The van der Waals surface area contributed by atoms with Crippen molar-refractivity contribution in [2.24, 2.45) is 11.7 Å². The Hall–Kier alpha value is -1.10. The maximum Gasteiger partial charge on any atom is 0.123 e. The van der Waals surface area contributed by atoms with Gasteiger partial charge in [0.2, 0.25) is 0 Å². The van der Waals surface area contributed by atoms with Crippen LogP contribution in [0.4, 0.5) is 0 Å². The van der Waals surface area contributed by atoms with E-state index >= 15 is 0 Å². The van der Waals surface area contributed by atoms with Crippen molar-refractivity contribution in [3.63, 3.8) is 0 Å². The lowest BCUT2D eigenvalue weighted by Crippen LogP contribution is -2.21. The van der Waals surface area contributed by atoms with Crippen LogP contribution in [0, 0.1) is 5.92 Å². The van der Waals surface area contributed by atoms with Gasteiger partial charge in [-0.2, -0.15) is 0 Å². The predicted molar refractivity (Wildman–Crippen MR) is 82.9 cm³/mol. The molecule has 0 aromatic heterocycles. The molecule has 20 heavy (non-hydrogen) atoms. The van der Waals surface area contributed by atoms with E-state index < -0.39 is 0 Å². The van der Waals surface area contributed by atoms with E-state index in [4.69, 9.17) is 10.5 Å². The Morgan fingerprint density at radius 1 is 1.40 bits per heavy atom. The van der Waals surface area contributed by atoms with Gasteiger partial charge in [0.25, 0.3) is 0 Å². The molecule has 112 valence electrons. The van der Waals surface area contributed by atoms with E-state index in [0.717, 1.165) is 31.8 Å². The molecule has 0 bridgehead atoms. The molecule has 1 aliphatic heterocycles. The molecule has 1 aliphatic rings. The van der Waals surface area contributed by atoms with E-state index in [1.807, 2.05) is 0 Å². The normalized spacial score (nSPS) is 23.5. The molecule has 0 aliphatic carbocycles. The van der Waals surface area contributed by atoms with Crippen LogP contribution in [0.15, 0.2) is 18.2 Å². The van der Waals surface area contributed by atoms with Crippen LogP contribution < -0.4 is 10.5 Å². The minimum absolute atomic E-state index is 0.417. The first kappa shape index (κ1) is 15.3. The lowest BCUT2D eigenvalue weighted by atomic mass is 9.97. The van der Waals surface area contributed by atoms with E-state index in [2.05, 4.69) is 49.1 Å². The van der Waals surface area contributed by atoms with Gasteiger partial charge in [0.05, 0.1) is 7.11 Å². The van der Waals surface area contributed by atoms with Crippen LogP contribution in [0.3, 0.4) is 0 Å². The van der Waals surface area contributed by atoms with Crippen LogP contribution in [0.5, 0.6) is 5.75 Å². The smallest absolute Gasteiger partial charge is 0.123 e. The highest BCUT2D eigenvalue weighted by Gasteiger charge is 2.31. The van der Waals surface area contributed by atoms with Crippen LogP contribution in [-0.4, -0.2) is 51.1 Å². The number of hydrogen-bond donors (Lipinski definition) is 1. The molecular formula is C16H27N3O. The molecule has 2 N–H and O–H groups in total. The molecule has 0 amide bonds. The molecule has 4 nitrogen and oxygen atoms in total. The number of benzene rings is 1. The van der Waals surface area contributed by atoms with Crippen molar-refractivity contribution in [3.8, 4) is 5.75 Å². The van der Waals surface area contributed by atoms with Gasteiger partial charge in [-0.3, -0.25) is 4.90 Å². The third-order valence-electron chi connectivity index (χ3n) is 4.12. The number of ether oxygens (including phenoxy) is 1. The van der Waals surface area contributed by atoms with Crippen LogP contribution in [-0.2, 0) is 6.54 Å². The van der Waals surface area contributed by atoms with Crippen molar-refractivity contribution in [2.75, 3.05) is 41.3 Å². The first-order chi connectivity index (χ1) is 9.55. The summed E-state index contributed by atoms with van der Waals surface area (Å²) in [5.74, 6) is 1.58. The first-order valence-electron chi connectivity index (χ1n) is 7.27. The average molecular weight is 277 g/mol. The molecule has 0 spiro atoms. The molecule has 1 heterocycles. The Kier molecular flexibility index (Phi) is 5.02. The zero-order chi connectivity index (χ0) is 14.7. The van der Waals surface area contributed by atoms with Crippen molar-refractivity contribution in [2.45, 2.75) is 19.0 Å². The molecule has 1 aromatic rings. The van der Waals surface area contributed by atoms with Crippen molar-refractivity contribution in [1.82, 2.24) is 9.80 Å². The van der Waals surface area contributed by atoms with Crippen LogP contribution in [0.1, 0.15) is 23.6 Å². The Bertz CT molecular complexity index is 447. The van der Waals surface area contributed by atoms with Gasteiger partial charge in [-0.25, -0.2) is 0 Å². The van der Waals surface area contributed by atoms with E-state index in [0.29, 0.717) is 12.0 Å². The standard InChI is InChI=1S/C16H27N3O/c1-18(2)10-12-5-6-16(20-4)14(7-12)15-8-13(9-17)11-19(15)3/h5-7,13,15H,8-11,17H2,1-4H3. The molecule has 4 heteroatoms. The Morgan fingerprint density at radius 3 is 2.70 bits per heavy atom. The second-order valence-corrected chi connectivity index (χ2v) is 6.11. The zero-order valence-electron chi connectivity index (χ0n) is 13.1. The van der Waals surface area contributed by atoms with Gasteiger partial charge in [-0.1, -0.05) is 6.07 Å². The molecule has 0 radical (unpaired) electrons. The summed E-state index contributed by atoms with van der Waals surface area (Å²) < 4.78 is 5.56. The van der Waals surface area contributed by atoms with Gasteiger partial charge in [0, 0.05) is 24.7 Å². The maximum atomic E-state index is 5.84. The van der Waals surface area contributed by atoms with Gasteiger partial charge < -0.3 is 15.4 Å². The summed E-state index contributed by atoms with van der Waals surface area (Å²) in [6.45, 7) is 2.79. The minimum Gasteiger partial charge on any atom is -0.496 e. The van der Waals surface area contributed by atoms with E-state index in [-0.39, 0.29) is 0 Å². The number of rotatable bonds is 5. The summed E-state index contributed by atoms with van der Waals surface area (Å²) >= 11 is 0. The van der Waals surface area contributed by atoms with Crippen molar-refractivity contribution < 1.29 is 4.74 Å². The molecule has 2 unspecified atom stereocenters. The minimum atomic E-state index is 0.417. The molecule has 1 aromatic carbocycles. The van der Waals surface area contributed by atoms with Crippen molar-refractivity contribution in [3.05, 3.63) is 29.3 Å². The SMILES string of the molecule is COc1ccc(CN(C)C)cc1C1CC(CN)CN1C. The Morgan fingerprint density at radius 2 is 2.15 bits per heavy atom. The molecule has 2 rings (SSSR count). The maximum absolute atomic E-state index is 5.84. The topological polar surface area (TPSA) is 41.7 Å². The first-order valence-corrected chi connectivity index (χ1v) is 7.27. The Labute approximate surface area is 122 Å². The molecule has 2 atom stereocenters. The quantitative estimate of drug-likeness (QED) is 0.889. The summed E-state index contributed by atoms with van der Waals surface area (Å²) in [6, 6.07) is 6.95. The molecule has 1 fully saturated rings. The number of likely N-dealkylation sites (tertiary alicyclic amines) is 1. The number of hydrogen-bond acceptors (Lipinski definition) is 4.